The first-order chi connectivity index (χ1) is 11.3. The molecule has 126 valence electrons. The van der Waals surface area contributed by atoms with Gasteiger partial charge in [0.2, 0.25) is 5.82 Å². The third-order valence-corrected chi connectivity index (χ3v) is 4.85. The average molecular weight is 360 g/mol. The highest BCUT2D eigenvalue weighted by Gasteiger charge is 2.30. The molecule has 0 saturated carbocycles. The standard InChI is InChI=1S/C15H9F5N2OS/c1-22-9-5-3-2-4-8(9)21-15(22)24(23)6-7-10(16)12(18)14(20)13(19)11(7)17/h2-5H,6H2,1H3/t24-/m0/s1. The van der Waals surface area contributed by atoms with Crippen molar-refractivity contribution in [1.29, 1.82) is 0 Å². The van der Waals surface area contributed by atoms with Crippen LogP contribution in [0.4, 0.5) is 22.0 Å². The Morgan fingerprint density at radius 2 is 1.50 bits per heavy atom. The molecule has 0 aliphatic heterocycles. The highest BCUT2D eigenvalue weighted by molar-refractivity contribution is 7.90. The lowest BCUT2D eigenvalue weighted by molar-refractivity contribution is 0.372. The molecule has 2 aromatic carbocycles. The molecule has 0 radical (unpaired) electrons. The molecule has 3 aromatic rings. The molecule has 0 aliphatic carbocycles. The first-order valence-electron chi connectivity index (χ1n) is 6.63. The largest absolute Gasteiger partial charge is 0.609 e. The van der Waals surface area contributed by atoms with Gasteiger partial charge >= 0.3 is 5.16 Å². The predicted octanol–water partition coefficient (Wildman–Crippen LogP) is 3.58. The maximum absolute atomic E-state index is 13.7. The molecule has 0 fully saturated rings. The van der Waals surface area contributed by atoms with Crippen LogP contribution in [-0.2, 0) is 24.0 Å². The minimum absolute atomic E-state index is 0.0276. The van der Waals surface area contributed by atoms with Crippen molar-refractivity contribution in [3.8, 4) is 0 Å². The van der Waals surface area contributed by atoms with E-state index in [0.29, 0.717) is 11.0 Å². The molecule has 0 unspecified atom stereocenters. The van der Waals surface area contributed by atoms with Crippen molar-refractivity contribution in [3.63, 3.8) is 0 Å². The summed E-state index contributed by atoms with van der Waals surface area (Å²) in [7, 11) is 1.54. The molecule has 0 amide bonds. The van der Waals surface area contributed by atoms with Gasteiger partial charge in [0.05, 0.1) is 16.6 Å². The van der Waals surface area contributed by atoms with E-state index in [4.69, 9.17) is 0 Å². The number of hydrogen-bond donors (Lipinski definition) is 0. The zero-order chi connectivity index (χ0) is 17.6. The van der Waals surface area contributed by atoms with Crippen molar-refractivity contribution in [1.82, 2.24) is 9.55 Å². The Morgan fingerprint density at radius 3 is 2.08 bits per heavy atom. The number of para-hydroxylation sites is 2. The van der Waals surface area contributed by atoms with Gasteiger partial charge in [0.15, 0.2) is 23.3 Å². The highest BCUT2D eigenvalue weighted by Crippen LogP contribution is 2.27. The zero-order valence-electron chi connectivity index (χ0n) is 12.1. The normalized spacial score (nSPS) is 12.8. The zero-order valence-corrected chi connectivity index (χ0v) is 12.9. The van der Waals surface area contributed by atoms with E-state index in [1.54, 1.807) is 31.3 Å². The van der Waals surface area contributed by atoms with Crippen LogP contribution in [0, 0.1) is 29.1 Å². The van der Waals surface area contributed by atoms with Crippen LogP contribution in [-0.4, -0.2) is 14.1 Å². The Morgan fingerprint density at radius 1 is 0.958 bits per heavy atom. The molecule has 0 spiro atoms. The van der Waals surface area contributed by atoms with Gasteiger partial charge in [-0.15, -0.1) is 0 Å². The van der Waals surface area contributed by atoms with Gasteiger partial charge in [-0.25, -0.2) is 22.0 Å². The quantitative estimate of drug-likeness (QED) is 0.310. The SMILES string of the molecule is Cn1c([S@@+]([O-])Cc2c(F)c(F)c(F)c(F)c2F)nc2ccccc21. The van der Waals surface area contributed by atoms with Gasteiger partial charge in [0, 0.05) is 18.2 Å². The second kappa shape index (κ2) is 6.06. The lowest BCUT2D eigenvalue weighted by Gasteiger charge is -2.12. The van der Waals surface area contributed by atoms with E-state index in [1.807, 2.05) is 0 Å². The number of hydrogen-bond acceptors (Lipinski definition) is 2. The van der Waals surface area contributed by atoms with Crippen molar-refractivity contribution >= 4 is 22.2 Å². The van der Waals surface area contributed by atoms with Crippen LogP contribution in [0.25, 0.3) is 11.0 Å². The number of benzene rings is 2. The minimum atomic E-state index is -2.25. The summed E-state index contributed by atoms with van der Waals surface area (Å²) in [4.78, 5) is 4.09. The van der Waals surface area contributed by atoms with Crippen molar-refractivity contribution in [2.75, 3.05) is 0 Å². The van der Waals surface area contributed by atoms with Crippen LogP contribution >= 0.6 is 0 Å². The molecular weight excluding hydrogens is 351 g/mol. The number of nitrogens with zero attached hydrogens (tertiary/aromatic N) is 2. The fourth-order valence-electron chi connectivity index (χ4n) is 2.30. The van der Waals surface area contributed by atoms with Crippen molar-refractivity contribution < 1.29 is 26.5 Å². The molecule has 3 rings (SSSR count). The topological polar surface area (TPSA) is 40.9 Å². The van der Waals surface area contributed by atoms with E-state index < -0.39 is 51.6 Å². The van der Waals surface area contributed by atoms with Crippen LogP contribution in [0.5, 0.6) is 0 Å². The van der Waals surface area contributed by atoms with Crippen LogP contribution in [0.3, 0.4) is 0 Å². The Balaban J connectivity index is 2.04. The first kappa shape index (κ1) is 16.7. The molecular formula is C15H9F5N2OS. The highest BCUT2D eigenvalue weighted by atomic mass is 32.2. The van der Waals surface area contributed by atoms with Crippen LogP contribution in [0.15, 0.2) is 29.4 Å². The summed E-state index contributed by atoms with van der Waals surface area (Å²) >= 11 is -2.11. The fraction of sp³-hybridized carbons (Fsp3) is 0.133. The van der Waals surface area contributed by atoms with Gasteiger partial charge in [-0.05, 0) is 12.1 Å². The number of aromatic nitrogens is 2. The summed E-state index contributed by atoms with van der Waals surface area (Å²) in [6, 6.07) is 6.77. The minimum Gasteiger partial charge on any atom is -0.609 e. The maximum Gasteiger partial charge on any atom is 0.324 e. The van der Waals surface area contributed by atoms with E-state index in [2.05, 4.69) is 4.98 Å². The van der Waals surface area contributed by atoms with Gasteiger partial charge < -0.3 is 4.55 Å². The third-order valence-electron chi connectivity index (χ3n) is 3.53. The number of rotatable bonds is 3. The van der Waals surface area contributed by atoms with E-state index >= 15 is 0 Å². The summed E-state index contributed by atoms with van der Waals surface area (Å²) in [5.74, 6) is -11.2. The Labute approximate surface area is 135 Å². The summed E-state index contributed by atoms with van der Waals surface area (Å²) in [5, 5.41) is -0.0276. The van der Waals surface area contributed by atoms with Gasteiger partial charge in [-0.3, -0.25) is 4.57 Å². The van der Waals surface area contributed by atoms with Crippen LogP contribution in [0.1, 0.15) is 5.56 Å². The number of halogens is 5. The van der Waals surface area contributed by atoms with E-state index in [1.165, 1.54) is 4.57 Å². The fourth-order valence-corrected chi connectivity index (χ4v) is 3.55. The van der Waals surface area contributed by atoms with Gasteiger partial charge in [-0.1, -0.05) is 12.1 Å². The Bertz CT molecular complexity index is 914. The first-order valence-corrected chi connectivity index (χ1v) is 7.95. The molecule has 1 heterocycles. The monoisotopic (exact) mass is 360 g/mol. The summed E-state index contributed by atoms with van der Waals surface area (Å²) in [6.45, 7) is 0. The summed E-state index contributed by atoms with van der Waals surface area (Å²) < 4.78 is 80.7. The molecule has 3 nitrogen and oxygen atoms in total. The second-order valence-electron chi connectivity index (χ2n) is 4.98. The number of fused-ring (bicyclic) bond motifs is 1. The maximum atomic E-state index is 13.7. The van der Waals surface area contributed by atoms with E-state index in [-0.39, 0.29) is 5.16 Å². The molecule has 1 atom stereocenters. The van der Waals surface area contributed by atoms with Gasteiger partial charge in [0.25, 0.3) is 0 Å². The Kier molecular flexibility index (Phi) is 4.22. The molecule has 24 heavy (non-hydrogen) atoms. The Hall–Kier alpha value is -2.13. The van der Waals surface area contributed by atoms with Crippen molar-refractivity contribution in [2.24, 2.45) is 7.05 Å². The lowest BCUT2D eigenvalue weighted by atomic mass is 10.2. The van der Waals surface area contributed by atoms with Gasteiger partial charge in [0.1, 0.15) is 5.75 Å². The number of aryl methyl sites for hydroxylation is 1. The third kappa shape index (κ3) is 2.53. The summed E-state index contributed by atoms with van der Waals surface area (Å²) in [5.41, 5.74) is -0.00388. The lowest BCUT2D eigenvalue weighted by Crippen LogP contribution is -2.15. The van der Waals surface area contributed by atoms with E-state index in [0.717, 1.165) is 0 Å². The summed E-state index contributed by atoms with van der Waals surface area (Å²) in [6.07, 6.45) is 0. The van der Waals surface area contributed by atoms with Crippen LogP contribution in [0.2, 0.25) is 0 Å². The smallest absolute Gasteiger partial charge is 0.324 e. The second-order valence-corrected chi connectivity index (χ2v) is 6.33. The van der Waals surface area contributed by atoms with Crippen LogP contribution < -0.4 is 0 Å². The molecule has 0 bridgehead atoms. The molecule has 0 N–H and O–H groups in total. The molecule has 0 aliphatic rings. The van der Waals surface area contributed by atoms with Crippen molar-refractivity contribution in [2.45, 2.75) is 10.9 Å². The number of imidazole rings is 1. The van der Waals surface area contributed by atoms with E-state index in [9.17, 15) is 26.5 Å². The molecule has 9 heteroatoms. The van der Waals surface area contributed by atoms with Crippen molar-refractivity contribution in [3.05, 3.63) is 58.9 Å². The predicted molar refractivity (Wildman–Crippen MR) is 77.1 cm³/mol. The van der Waals surface area contributed by atoms with Gasteiger partial charge in [-0.2, -0.15) is 4.98 Å². The molecule has 1 aromatic heterocycles. The molecule has 0 saturated heterocycles. The average Bonchev–Trinajstić information content (AvgIpc) is 2.92.